The highest BCUT2D eigenvalue weighted by atomic mass is 32.2. The third kappa shape index (κ3) is 4.92. The summed E-state index contributed by atoms with van der Waals surface area (Å²) < 4.78 is 45.2. The number of sulfone groups is 1. The summed E-state index contributed by atoms with van der Waals surface area (Å²) in [7, 11) is -2.02. The highest BCUT2D eigenvalue weighted by molar-refractivity contribution is 7.91. The van der Waals surface area contributed by atoms with Gasteiger partial charge in [0, 0.05) is 31.6 Å². The number of aryl methyl sites for hydroxylation is 1. The van der Waals surface area contributed by atoms with Crippen LogP contribution in [-0.2, 0) is 21.1 Å². The van der Waals surface area contributed by atoms with Crippen LogP contribution in [0.2, 0.25) is 0 Å². The quantitative estimate of drug-likeness (QED) is 0.592. The monoisotopic (exact) mass is 431 g/mol. The maximum atomic E-state index is 14.5. The van der Waals surface area contributed by atoms with Crippen molar-refractivity contribution in [2.24, 2.45) is 0 Å². The van der Waals surface area contributed by atoms with E-state index >= 15 is 0 Å². The number of benzene rings is 2. The Labute approximate surface area is 174 Å². The van der Waals surface area contributed by atoms with Gasteiger partial charge in [-0.15, -0.1) is 0 Å². The van der Waals surface area contributed by atoms with Crippen LogP contribution in [0.4, 0.5) is 4.39 Å². The van der Waals surface area contributed by atoms with Crippen LogP contribution in [0.3, 0.4) is 0 Å². The fourth-order valence-electron chi connectivity index (χ4n) is 2.90. The maximum absolute atomic E-state index is 14.5. The van der Waals surface area contributed by atoms with Crippen LogP contribution in [0.5, 0.6) is 0 Å². The first-order valence-electron chi connectivity index (χ1n) is 9.20. The van der Waals surface area contributed by atoms with Crippen molar-refractivity contribution < 1.29 is 22.3 Å². The lowest BCUT2D eigenvalue weighted by Gasteiger charge is -2.10. The van der Waals surface area contributed by atoms with Gasteiger partial charge in [-0.3, -0.25) is 4.79 Å². The van der Waals surface area contributed by atoms with Crippen molar-refractivity contribution >= 4 is 15.7 Å². The van der Waals surface area contributed by atoms with E-state index in [4.69, 9.17) is 4.74 Å². The topological polar surface area (TPSA) is 90.3 Å². The molecule has 0 atom stereocenters. The Hall–Kier alpha value is -3.04. The molecule has 0 radical (unpaired) electrons. The maximum Gasteiger partial charge on any atom is 0.251 e. The van der Waals surface area contributed by atoms with Crippen LogP contribution in [0.15, 0.2) is 59.8 Å². The summed E-state index contributed by atoms with van der Waals surface area (Å²) in [4.78, 5) is 16.6. The first kappa shape index (κ1) is 21.7. The number of amides is 1. The van der Waals surface area contributed by atoms with Crippen molar-refractivity contribution in [2.45, 2.75) is 18.4 Å². The molecule has 0 saturated carbocycles. The fraction of sp³-hybridized carbons (Fsp3) is 0.238. The number of nitrogens with zero attached hydrogens (tertiary/aromatic N) is 2. The van der Waals surface area contributed by atoms with Gasteiger partial charge in [-0.25, -0.2) is 17.8 Å². The van der Waals surface area contributed by atoms with Crippen LogP contribution in [0, 0.1) is 12.7 Å². The minimum absolute atomic E-state index is 0.0976. The Kier molecular flexibility index (Phi) is 6.63. The van der Waals surface area contributed by atoms with Crippen molar-refractivity contribution in [3.8, 4) is 5.69 Å². The predicted molar refractivity (Wildman–Crippen MR) is 110 cm³/mol. The Morgan fingerprint density at radius 3 is 2.53 bits per heavy atom. The highest BCUT2D eigenvalue weighted by Gasteiger charge is 2.15. The molecule has 0 bridgehead atoms. The van der Waals surface area contributed by atoms with Gasteiger partial charge in [0.15, 0.2) is 9.84 Å². The molecule has 0 aliphatic carbocycles. The van der Waals surface area contributed by atoms with Crippen LogP contribution in [0.1, 0.15) is 21.7 Å². The molecule has 2 aromatic carbocycles. The van der Waals surface area contributed by atoms with Gasteiger partial charge in [-0.1, -0.05) is 6.07 Å². The molecule has 1 N–H and O–H groups in total. The number of imidazole rings is 1. The molecule has 30 heavy (non-hydrogen) atoms. The van der Waals surface area contributed by atoms with Crippen molar-refractivity contribution in [3.05, 3.63) is 77.6 Å². The number of aromatic nitrogens is 2. The van der Waals surface area contributed by atoms with Crippen molar-refractivity contribution in [3.63, 3.8) is 0 Å². The van der Waals surface area contributed by atoms with E-state index in [2.05, 4.69) is 10.3 Å². The molecular weight excluding hydrogens is 409 g/mol. The minimum atomic E-state index is -3.46. The van der Waals surface area contributed by atoms with Gasteiger partial charge < -0.3 is 14.6 Å². The minimum Gasteiger partial charge on any atom is -0.384 e. The van der Waals surface area contributed by atoms with Crippen LogP contribution in [-0.4, -0.2) is 43.3 Å². The summed E-state index contributed by atoms with van der Waals surface area (Å²) in [5.74, 6) is -0.267. The van der Waals surface area contributed by atoms with Gasteiger partial charge in [0.25, 0.3) is 5.91 Å². The second kappa shape index (κ2) is 9.19. The average Bonchev–Trinajstić information content (AvgIpc) is 3.16. The third-order valence-corrected chi connectivity index (χ3v) is 6.28. The Balaban J connectivity index is 1.64. The molecule has 7 nitrogen and oxygen atoms in total. The van der Waals surface area contributed by atoms with Crippen molar-refractivity contribution in [1.82, 2.24) is 14.9 Å². The largest absolute Gasteiger partial charge is 0.384 e. The molecule has 9 heteroatoms. The fourth-order valence-corrected chi connectivity index (χ4v) is 4.07. The van der Waals surface area contributed by atoms with Crippen LogP contribution in [0.25, 0.3) is 5.69 Å². The van der Waals surface area contributed by atoms with E-state index in [1.54, 1.807) is 36.0 Å². The molecule has 1 amide bonds. The summed E-state index contributed by atoms with van der Waals surface area (Å²) in [6.07, 6.45) is 3.27. The number of hydrogen-bond donors (Lipinski definition) is 1. The highest BCUT2D eigenvalue weighted by Crippen LogP contribution is 2.17. The lowest BCUT2D eigenvalue weighted by atomic mass is 10.1. The number of nitrogens with one attached hydrogen (secondary N) is 1. The number of rotatable bonds is 8. The molecule has 3 rings (SSSR count). The van der Waals surface area contributed by atoms with Gasteiger partial charge in [0.1, 0.15) is 11.6 Å². The van der Waals surface area contributed by atoms with E-state index in [1.165, 1.54) is 37.4 Å². The molecule has 1 aromatic heterocycles. The number of carbonyl (C=O) groups excluding carboxylic acids is 1. The third-order valence-electron chi connectivity index (χ3n) is 4.58. The van der Waals surface area contributed by atoms with Gasteiger partial charge in [0.05, 0.1) is 22.9 Å². The predicted octanol–water partition coefficient (Wildman–Crippen LogP) is 2.67. The van der Waals surface area contributed by atoms with Gasteiger partial charge >= 0.3 is 0 Å². The van der Waals surface area contributed by atoms with E-state index in [9.17, 15) is 17.6 Å². The number of halogens is 1. The van der Waals surface area contributed by atoms with Crippen molar-refractivity contribution in [2.75, 3.05) is 19.5 Å². The first-order chi connectivity index (χ1) is 14.3. The molecular formula is C21H22FN3O4S. The molecule has 0 aliphatic rings. The zero-order chi connectivity index (χ0) is 21.7. The van der Waals surface area contributed by atoms with E-state index in [0.717, 1.165) is 0 Å². The molecule has 0 spiro atoms. The lowest BCUT2D eigenvalue weighted by Crippen LogP contribution is -2.23. The molecule has 0 unspecified atom stereocenters. The Morgan fingerprint density at radius 2 is 1.93 bits per heavy atom. The van der Waals surface area contributed by atoms with Crippen LogP contribution < -0.4 is 5.32 Å². The SMILES string of the molecule is COCCS(=O)(=O)c1ccc(C(=O)NCc2ccc(-n3ccnc3C)c(F)c2)cc1. The van der Waals surface area contributed by atoms with E-state index in [-0.39, 0.29) is 29.7 Å². The number of carbonyl (C=O) groups is 1. The number of methoxy groups -OCH3 is 1. The molecule has 0 fully saturated rings. The average molecular weight is 431 g/mol. The molecule has 0 saturated heterocycles. The second-order valence-corrected chi connectivity index (χ2v) is 8.76. The Morgan fingerprint density at radius 1 is 1.20 bits per heavy atom. The second-order valence-electron chi connectivity index (χ2n) is 6.65. The van der Waals surface area contributed by atoms with E-state index in [0.29, 0.717) is 22.6 Å². The van der Waals surface area contributed by atoms with Crippen LogP contribution >= 0.6 is 0 Å². The zero-order valence-corrected chi connectivity index (χ0v) is 17.4. The summed E-state index contributed by atoms with van der Waals surface area (Å²) in [5.41, 5.74) is 1.29. The van der Waals surface area contributed by atoms with Gasteiger partial charge in [-0.2, -0.15) is 0 Å². The normalized spacial score (nSPS) is 11.4. The Bertz CT molecular complexity index is 1140. The first-order valence-corrected chi connectivity index (χ1v) is 10.9. The van der Waals surface area contributed by atoms with Gasteiger partial charge in [0.2, 0.25) is 0 Å². The van der Waals surface area contributed by atoms with Crippen molar-refractivity contribution in [1.29, 1.82) is 0 Å². The molecule has 158 valence electrons. The summed E-state index contributed by atoms with van der Waals surface area (Å²) in [5, 5.41) is 2.71. The molecule has 0 aliphatic heterocycles. The molecule has 1 heterocycles. The zero-order valence-electron chi connectivity index (χ0n) is 16.6. The summed E-state index contributed by atoms with van der Waals surface area (Å²) in [6, 6.07) is 10.4. The number of hydrogen-bond acceptors (Lipinski definition) is 5. The standard InChI is InChI=1S/C21H22FN3O4S/c1-15-23-9-10-25(15)20-8-3-16(13-19(20)22)14-24-21(26)17-4-6-18(7-5-17)30(27,28)12-11-29-2/h3-10,13H,11-12,14H2,1-2H3,(H,24,26). The van der Waals surface area contributed by atoms with E-state index < -0.39 is 15.7 Å². The summed E-state index contributed by atoms with van der Waals surface area (Å²) >= 11 is 0. The number of ether oxygens (including phenoxy) is 1. The summed E-state index contributed by atoms with van der Waals surface area (Å²) in [6.45, 7) is 2.01. The molecule has 3 aromatic rings. The van der Waals surface area contributed by atoms with E-state index in [1.807, 2.05) is 0 Å². The smallest absolute Gasteiger partial charge is 0.251 e. The lowest BCUT2D eigenvalue weighted by molar-refractivity contribution is 0.0950. The van der Waals surface area contributed by atoms with Gasteiger partial charge in [-0.05, 0) is 48.9 Å².